The molecule has 0 bridgehead atoms. The number of nitrogens with two attached hydrogens (primary N) is 1. The first-order valence-electron chi connectivity index (χ1n) is 6.14. The number of nitrogen functional groups attached to an aromatic ring is 1. The zero-order valence-corrected chi connectivity index (χ0v) is 12.5. The van der Waals surface area contributed by atoms with Gasteiger partial charge in [0.05, 0.1) is 18.7 Å². The summed E-state index contributed by atoms with van der Waals surface area (Å²) in [6, 6.07) is 7.01. The maximum absolute atomic E-state index is 12.1. The average molecular weight is 291 g/mol. The number of ether oxygens (including phenoxy) is 1. The first-order valence-corrected chi connectivity index (χ1v) is 6.55. The maximum atomic E-state index is 12.1. The zero-order valence-electron chi connectivity index (χ0n) is 11.6. The minimum absolute atomic E-state index is 0.352. The number of benzene rings is 1. The molecule has 3 N–H and O–H groups in total. The molecule has 6 heteroatoms. The van der Waals surface area contributed by atoms with E-state index in [9.17, 15) is 4.79 Å². The highest BCUT2D eigenvalue weighted by atomic mass is 32.1. The number of hydrogen-bond donors (Lipinski definition) is 2. The van der Waals surface area contributed by atoms with E-state index in [1.807, 2.05) is 32.2 Å². The number of carbonyl (C=O) groups is 1. The first-order chi connectivity index (χ1) is 9.45. The van der Waals surface area contributed by atoms with E-state index in [1.165, 1.54) is 7.11 Å². The van der Waals surface area contributed by atoms with Crippen molar-refractivity contribution in [2.24, 2.45) is 0 Å². The van der Waals surface area contributed by atoms with Crippen LogP contribution in [-0.2, 0) is 9.53 Å². The molecular weight excluding hydrogens is 274 g/mol. The molecule has 20 heavy (non-hydrogen) atoms. The molecule has 0 saturated heterocycles. The number of rotatable bonds is 2. The summed E-state index contributed by atoms with van der Waals surface area (Å²) in [4.78, 5) is 13.8. The SMILES string of the molecule is COC(=O)C1=C(C)N(C)C(=S)NC1c1cccc(N)c1. The van der Waals surface area contributed by atoms with Crippen molar-refractivity contribution in [1.29, 1.82) is 0 Å². The van der Waals surface area contributed by atoms with Crippen LogP contribution in [-0.4, -0.2) is 30.1 Å². The third kappa shape index (κ3) is 2.46. The van der Waals surface area contributed by atoms with Crippen molar-refractivity contribution in [2.75, 3.05) is 19.9 Å². The molecular formula is C14H17N3O2S. The largest absolute Gasteiger partial charge is 0.466 e. The van der Waals surface area contributed by atoms with Crippen molar-refractivity contribution < 1.29 is 9.53 Å². The summed E-state index contributed by atoms with van der Waals surface area (Å²) in [5.74, 6) is -0.378. The fourth-order valence-corrected chi connectivity index (χ4v) is 2.45. The second-order valence-corrected chi connectivity index (χ2v) is 4.99. The molecule has 0 radical (unpaired) electrons. The van der Waals surface area contributed by atoms with Gasteiger partial charge in [0.1, 0.15) is 0 Å². The summed E-state index contributed by atoms with van der Waals surface area (Å²) in [5.41, 5.74) is 8.63. The van der Waals surface area contributed by atoms with E-state index < -0.39 is 0 Å². The molecule has 1 aromatic carbocycles. The van der Waals surface area contributed by atoms with Gasteiger partial charge in [-0.3, -0.25) is 0 Å². The van der Waals surface area contributed by atoms with Gasteiger partial charge in [-0.05, 0) is 36.8 Å². The number of nitrogens with zero attached hydrogens (tertiary/aromatic N) is 1. The molecule has 1 heterocycles. The van der Waals surface area contributed by atoms with Gasteiger partial charge in [0.2, 0.25) is 0 Å². The number of thiocarbonyl (C=S) groups is 1. The molecule has 1 aliphatic heterocycles. The second kappa shape index (κ2) is 5.50. The summed E-state index contributed by atoms with van der Waals surface area (Å²) in [7, 11) is 3.18. The lowest BCUT2D eigenvalue weighted by Crippen LogP contribution is -2.46. The third-order valence-electron chi connectivity index (χ3n) is 3.40. The van der Waals surface area contributed by atoms with E-state index in [-0.39, 0.29) is 12.0 Å². The third-order valence-corrected chi connectivity index (χ3v) is 3.80. The van der Waals surface area contributed by atoms with E-state index in [0.29, 0.717) is 16.4 Å². The molecule has 2 rings (SSSR count). The van der Waals surface area contributed by atoms with E-state index in [1.54, 1.807) is 11.0 Å². The van der Waals surface area contributed by atoms with Crippen LogP contribution in [0.2, 0.25) is 0 Å². The molecule has 1 aromatic rings. The van der Waals surface area contributed by atoms with Crippen molar-refractivity contribution in [2.45, 2.75) is 13.0 Å². The number of nitrogens with one attached hydrogen (secondary N) is 1. The van der Waals surface area contributed by atoms with Gasteiger partial charge >= 0.3 is 5.97 Å². The van der Waals surface area contributed by atoms with Gasteiger partial charge in [-0.1, -0.05) is 12.1 Å². The Morgan fingerprint density at radius 2 is 2.20 bits per heavy atom. The lowest BCUT2D eigenvalue weighted by Gasteiger charge is -2.35. The summed E-state index contributed by atoms with van der Waals surface area (Å²) >= 11 is 5.29. The molecule has 0 fully saturated rings. The lowest BCUT2D eigenvalue weighted by atomic mass is 9.95. The Hall–Kier alpha value is -2.08. The summed E-state index contributed by atoms with van der Waals surface area (Å²) in [5, 5.41) is 3.71. The van der Waals surface area contributed by atoms with Crippen LogP contribution < -0.4 is 11.1 Å². The van der Waals surface area contributed by atoms with Gasteiger partial charge in [-0.25, -0.2) is 4.79 Å². The molecule has 0 saturated carbocycles. The van der Waals surface area contributed by atoms with Crippen molar-refractivity contribution in [3.05, 3.63) is 41.1 Å². The van der Waals surface area contributed by atoms with Gasteiger partial charge < -0.3 is 20.7 Å². The monoisotopic (exact) mass is 291 g/mol. The molecule has 0 aliphatic carbocycles. The summed E-state index contributed by atoms with van der Waals surface area (Å²) in [6.07, 6.45) is 0. The van der Waals surface area contributed by atoms with Crippen LogP contribution in [0.3, 0.4) is 0 Å². The van der Waals surface area contributed by atoms with Gasteiger partial charge in [0.25, 0.3) is 0 Å². The number of anilines is 1. The fraction of sp³-hybridized carbons (Fsp3) is 0.286. The van der Waals surface area contributed by atoms with Crippen LogP contribution in [0.5, 0.6) is 0 Å². The first kappa shape index (κ1) is 14.3. The van der Waals surface area contributed by atoms with Crippen molar-refractivity contribution in [1.82, 2.24) is 10.2 Å². The Bertz CT molecular complexity index is 598. The minimum Gasteiger partial charge on any atom is -0.466 e. The number of esters is 1. The smallest absolute Gasteiger partial charge is 0.337 e. The lowest BCUT2D eigenvalue weighted by molar-refractivity contribution is -0.136. The Balaban J connectivity index is 2.55. The summed E-state index contributed by atoms with van der Waals surface area (Å²) < 4.78 is 4.89. The molecule has 106 valence electrons. The quantitative estimate of drug-likeness (QED) is 0.490. The maximum Gasteiger partial charge on any atom is 0.337 e. The Kier molecular flexibility index (Phi) is 3.94. The van der Waals surface area contributed by atoms with Crippen LogP contribution in [0.25, 0.3) is 0 Å². The highest BCUT2D eigenvalue weighted by Gasteiger charge is 2.33. The molecule has 1 unspecified atom stereocenters. The Morgan fingerprint density at radius 1 is 1.50 bits per heavy atom. The normalized spacial score (nSPS) is 18.9. The van der Waals surface area contributed by atoms with Crippen LogP contribution in [0, 0.1) is 0 Å². The number of methoxy groups -OCH3 is 1. The van der Waals surface area contributed by atoms with E-state index >= 15 is 0 Å². The van der Waals surface area contributed by atoms with Crippen molar-refractivity contribution in [3.8, 4) is 0 Å². The Labute approximate surface area is 123 Å². The standard InChI is InChI=1S/C14H17N3O2S/c1-8-11(13(18)19-3)12(16-14(20)17(8)2)9-5-4-6-10(15)7-9/h4-7,12H,15H2,1-3H3,(H,16,20). The molecule has 0 amide bonds. The van der Waals surface area contributed by atoms with Crippen LogP contribution in [0.1, 0.15) is 18.5 Å². The number of carbonyl (C=O) groups excluding carboxylic acids is 1. The van der Waals surface area contributed by atoms with Crippen molar-refractivity contribution in [3.63, 3.8) is 0 Å². The minimum atomic E-state index is -0.378. The highest BCUT2D eigenvalue weighted by Crippen LogP contribution is 2.31. The molecule has 5 nitrogen and oxygen atoms in total. The van der Waals surface area contributed by atoms with E-state index in [2.05, 4.69) is 5.32 Å². The molecule has 0 spiro atoms. The fourth-order valence-electron chi connectivity index (χ4n) is 2.20. The number of allylic oxidation sites excluding steroid dienone is 1. The zero-order chi connectivity index (χ0) is 14.9. The van der Waals surface area contributed by atoms with E-state index in [4.69, 9.17) is 22.7 Å². The van der Waals surface area contributed by atoms with Gasteiger partial charge in [-0.15, -0.1) is 0 Å². The molecule has 1 atom stereocenters. The molecule has 0 aromatic heterocycles. The second-order valence-electron chi connectivity index (χ2n) is 4.60. The van der Waals surface area contributed by atoms with Gasteiger partial charge in [0.15, 0.2) is 5.11 Å². The van der Waals surface area contributed by atoms with Crippen LogP contribution >= 0.6 is 12.2 Å². The predicted molar refractivity (Wildman–Crippen MR) is 81.8 cm³/mol. The van der Waals surface area contributed by atoms with Crippen LogP contribution in [0.15, 0.2) is 35.5 Å². The van der Waals surface area contributed by atoms with Gasteiger partial charge in [0, 0.05) is 18.4 Å². The Morgan fingerprint density at radius 3 is 2.80 bits per heavy atom. The predicted octanol–water partition coefficient (Wildman–Crippen LogP) is 1.58. The number of hydrogen-bond acceptors (Lipinski definition) is 4. The highest BCUT2D eigenvalue weighted by molar-refractivity contribution is 7.80. The van der Waals surface area contributed by atoms with Crippen molar-refractivity contribution >= 4 is 29.0 Å². The average Bonchev–Trinajstić information content (AvgIpc) is 2.43. The molecule has 1 aliphatic rings. The summed E-state index contributed by atoms with van der Waals surface area (Å²) in [6.45, 7) is 1.85. The van der Waals surface area contributed by atoms with E-state index in [0.717, 1.165) is 11.3 Å². The van der Waals surface area contributed by atoms with Crippen LogP contribution in [0.4, 0.5) is 5.69 Å². The van der Waals surface area contributed by atoms with Gasteiger partial charge in [-0.2, -0.15) is 0 Å². The topological polar surface area (TPSA) is 67.6 Å².